The Kier molecular flexibility index (Phi) is 2.07. The number of methoxy groups -OCH3 is 1. The molecule has 5 heteroatoms. The summed E-state index contributed by atoms with van der Waals surface area (Å²) in [5.74, 6) is 0.523. The van der Waals surface area contributed by atoms with E-state index in [0.29, 0.717) is 11.9 Å². The molecule has 0 unspecified atom stereocenters. The van der Waals surface area contributed by atoms with Gasteiger partial charge in [-0.15, -0.1) is 5.10 Å². The standard InChI is InChI=1S/C9H12N4O/c1-6(2)13-8-5-10-12-9(14-3)7(8)4-11-13/h4-6H,1-3H3. The summed E-state index contributed by atoms with van der Waals surface area (Å²) in [6, 6.07) is 0.307. The van der Waals surface area contributed by atoms with Crippen molar-refractivity contribution in [3.05, 3.63) is 12.4 Å². The van der Waals surface area contributed by atoms with E-state index in [2.05, 4.69) is 29.1 Å². The van der Waals surface area contributed by atoms with Gasteiger partial charge in [0.2, 0.25) is 5.88 Å². The Balaban J connectivity index is 2.69. The van der Waals surface area contributed by atoms with Crippen molar-refractivity contribution in [2.45, 2.75) is 19.9 Å². The lowest BCUT2D eigenvalue weighted by Gasteiger charge is -2.06. The van der Waals surface area contributed by atoms with Crippen LogP contribution in [0.2, 0.25) is 0 Å². The van der Waals surface area contributed by atoms with Crippen LogP contribution in [0.25, 0.3) is 10.9 Å². The van der Waals surface area contributed by atoms with E-state index in [0.717, 1.165) is 10.9 Å². The number of nitrogens with zero attached hydrogens (tertiary/aromatic N) is 4. The van der Waals surface area contributed by atoms with Crippen LogP contribution in [0.1, 0.15) is 19.9 Å². The van der Waals surface area contributed by atoms with Gasteiger partial charge in [-0.05, 0) is 13.8 Å². The molecule has 2 aromatic rings. The number of fused-ring (bicyclic) bond motifs is 1. The molecule has 0 bridgehead atoms. The van der Waals surface area contributed by atoms with E-state index in [4.69, 9.17) is 4.74 Å². The Morgan fingerprint density at radius 2 is 2.14 bits per heavy atom. The summed E-state index contributed by atoms with van der Waals surface area (Å²) < 4.78 is 6.99. The molecule has 5 nitrogen and oxygen atoms in total. The molecule has 2 heterocycles. The Morgan fingerprint density at radius 3 is 2.79 bits per heavy atom. The van der Waals surface area contributed by atoms with Gasteiger partial charge in [0.25, 0.3) is 0 Å². The van der Waals surface area contributed by atoms with Crippen molar-refractivity contribution in [1.82, 2.24) is 20.0 Å². The second-order valence-electron chi connectivity index (χ2n) is 3.34. The van der Waals surface area contributed by atoms with Crippen molar-refractivity contribution < 1.29 is 4.74 Å². The molecule has 0 amide bonds. The normalized spacial score (nSPS) is 11.1. The second kappa shape index (κ2) is 3.25. The van der Waals surface area contributed by atoms with Gasteiger partial charge in [-0.2, -0.15) is 10.2 Å². The maximum atomic E-state index is 5.09. The first kappa shape index (κ1) is 8.93. The van der Waals surface area contributed by atoms with E-state index in [-0.39, 0.29) is 0 Å². The molecule has 0 aliphatic carbocycles. The molecule has 0 saturated carbocycles. The van der Waals surface area contributed by atoms with E-state index in [1.807, 2.05) is 4.68 Å². The highest BCUT2D eigenvalue weighted by Gasteiger charge is 2.10. The summed E-state index contributed by atoms with van der Waals surface area (Å²) in [6.07, 6.45) is 3.45. The molecule has 0 aliphatic rings. The molecular weight excluding hydrogens is 180 g/mol. The van der Waals surface area contributed by atoms with E-state index in [9.17, 15) is 0 Å². The van der Waals surface area contributed by atoms with Gasteiger partial charge in [0.1, 0.15) is 0 Å². The molecule has 0 N–H and O–H groups in total. The van der Waals surface area contributed by atoms with Gasteiger partial charge in [-0.1, -0.05) is 0 Å². The molecule has 0 spiro atoms. The number of hydrogen-bond acceptors (Lipinski definition) is 4. The van der Waals surface area contributed by atoms with E-state index in [1.165, 1.54) is 0 Å². The van der Waals surface area contributed by atoms with Gasteiger partial charge in [-0.3, -0.25) is 4.68 Å². The first-order valence-electron chi connectivity index (χ1n) is 4.47. The van der Waals surface area contributed by atoms with Crippen molar-refractivity contribution in [1.29, 1.82) is 0 Å². The summed E-state index contributed by atoms with van der Waals surface area (Å²) in [4.78, 5) is 0. The first-order chi connectivity index (χ1) is 6.74. The van der Waals surface area contributed by atoms with Crippen LogP contribution in [0.3, 0.4) is 0 Å². The third-order valence-electron chi connectivity index (χ3n) is 2.08. The molecule has 0 radical (unpaired) electrons. The minimum atomic E-state index is 0.307. The van der Waals surface area contributed by atoms with E-state index >= 15 is 0 Å². The SMILES string of the molecule is COc1nncc2c1cnn2C(C)C. The largest absolute Gasteiger partial charge is 0.479 e. The van der Waals surface area contributed by atoms with Crippen molar-refractivity contribution >= 4 is 10.9 Å². The monoisotopic (exact) mass is 192 g/mol. The van der Waals surface area contributed by atoms with E-state index < -0.39 is 0 Å². The average Bonchev–Trinajstić information content (AvgIpc) is 2.60. The predicted octanol–water partition coefficient (Wildman–Crippen LogP) is 1.42. The lowest BCUT2D eigenvalue weighted by atomic mass is 10.3. The second-order valence-corrected chi connectivity index (χ2v) is 3.34. The van der Waals surface area contributed by atoms with Crippen LogP contribution in [0, 0.1) is 0 Å². The van der Waals surface area contributed by atoms with Crippen molar-refractivity contribution in [3.8, 4) is 5.88 Å². The van der Waals surface area contributed by atoms with Crippen molar-refractivity contribution in [2.75, 3.05) is 7.11 Å². The third kappa shape index (κ3) is 1.21. The zero-order valence-electron chi connectivity index (χ0n) is 8.43. The van der Waals surface area contributed by atoms with Crippen LogP contribution in [0.15, 0.2) is 12.4 Å². The van der Waals surface area contributed by atoms with Crippen molar-refractivity contribution in [3.63, 3.8) is 0 Å². The average molecular weight is 192 g/mol. The number of aromatic nitrogens is 4. The van der Waals surface area contributed by atoms with Gasteiger partial charge < -0.3 is 4.74 Å². The number of rotatable bonds is 2. The van der Waals surface area contributed by atoms with Crippen LogP contribution in [0.5, 0.6) is 5.88 Å². The quantitative estimate of drug-likeness (QED) is 0.722. The molecular formula is C9H12N4O. The topological polar surface area (TPSA) is 52.8 Å². The smallest absolute Gasteiger partial charge is 0.244 e. The lowest BCUT2D eigenvalue weighted by molar-refractivity contribution is 0.397. The van der Waals surface area contributed by atoms with Crippen LogP contribution in [0.4, 0.5) is 0 Å². The van der Waals surface area contributed by atoms with Crippen LogP contribution in [-0.2, 0) is 0 Å². The highest BCUT2D eigenvalue weighted by atomic mass is 16.5. The summed E-state index contributed by atoms with van der Waals surface area (Å²) in [6.45, 7) is 4.14. The lowest BCUT2D eigenvalue weighted by Crippen LogP contribution is -2.02. The van der Waals surface area contributed by atoms with Gasteiger partial charge >= 0.3 is 0 Å². The summed E-state index contributed by atoms with van der Waals surface area (Å²) in [5.41, 5.74) is 0.951. The molecule has 74 valence electrons. The molecule has 14 heavy (non-hydrogen) atoms. The number of ether oxygens (including phenoxy) is 1. The van der Waals surface area contributed by atoms with Crippen LogP contribution in [-0.4, -0.2) is 27.1 Å². The molecule has 0 saturated heterocycles. The summed E-state index contributed by atoms with van der Waals surface area (Å²) in [7, 11) is 1.58. The Morgan fingerprint density at radius 1 is 1.36 bits per heavy atom. The molecule has 2 aromatic heterocycles. The Bertz CT molecular complexity index is 449. The maximum Gasteiger partial charge on any atom is 0.244 e. The Hall–Kier alpha value is -1.65. The van der Waals surface area contributed by atoms with Crippen LogP contribution >= 0.6 is 0 Å². The predicted molar refractivity (Wildman–Crippen MR) is 52.3 cm³/mol. The third-order valence-corrected chi connectivity index (χ3v) is 2.08. The van der Waals surface area contributed by atoms with Gasteiger partial charge in [0.05, 0.1) is 30.4 Å². The molecule has 0 fully saturated rings. The number of hydrogen-bond donors (Lipinski definition) is 0. The first-order valence-corrected chi connectivity index (χ1v) is 4.47. The fourth-order valence-electron chi connectivity index (χ4n) is 1.42. The fraction of sp³-hybridized carbons (Fsp3) is 0.444. The fourth-order valence-corrected chi connectivity index (χ4v) is 1.42. The Labute approximate surface area is 81.7 Å². The highest BCUT2D eigenvalue weighted by molar-refractivity contribution is 5.82. The zero-order chi connectivity index (χ0) is 10.1. The van der Waals surface area contributed by atoms with Gasteiger partial charge in [0.15, 0.2) is 0 Å². The molecule has 0 aliphatic heterocycles. The maximum absolute atomic E-state index is 5.09. The van der Waals surface area contributed by atoms with Gasteiger partial charge in [0, 0.05) is 6.04 Å². The molecule has 0 aromatic carbocycles. The highest BCUT2D eigenvalue weighted by Crippen LogP contribution is 2.22. The van der Waals surface area contributed by atoms with Crippen LogP contribution < -0.4 is 4.74 Å². The van der Waals surface area contributed by atoms with Crippen molar-refractivity contribution in [2.24, 2.45) is 0 Å². The van der Waals surface area contributed by atoms with Gasteiger partial charge in [-0.25, -0.2) is 0 Å². The molecule has 0 atom stereocenters. The molecule has 2 rings (SSSR count). The summed E-state index contributed by atoms with van der Waals surface area (Å²) >= 11 is 0. The minimum Gasteiger partial charge on any atom is -0.479 e. The summed E-state index contributed by atoms with van der Waals surface area (Å²) in [5, 5.41) is 12.9. The van der Waals surface area contributed by atoms with E-state index in [1.54, 1.807) is 19.5 Å². The minimum absolute atomic E-state index is 0.307. The zero-order valence-corrected chi connectivity index (χ0v) is 8.43.